The molecule has 0 aromatic heterocycles. The van der Waals surface area contributed by atoms with Crippen LogP contribution in [0.4, 0.5) is 10.5 Å². The van der Waals surface area contributed by atoms with Crippen molar-refractivity contribution in [2.75, 3.05) is 12.0 Å². The standard InChI is InChI=1S/C15H18N4O/c16-15(20)19-9-2-1-5-14(19)12-7-6-11-4-3-8-17-18-13(11)10-12/h3-4,6-8,10,14,18H,1-2,5,9H2,(H2,16,20). The van der Waals surface area contributed by atoms with E-state index in [4.69, 9.17) is 5.73 Å². The number of primary amides is 1. The molecule has 1 fully saturated rings. The van der Waals surface area contributed by atoms with Gasteiger partial charge in [-0.05, 0) is 42.5 Å². The predicted octanol–water partition coefficient (Wildman–Crippen LogP) is 2.72. The van der Waals surface area contributed by atoms with Crippen molar-refractivity contribution in [2.45, 2.75) is 25.3 Å². The molecular formula is C15H18N4O. The van der Waals surface area contributed by atoms with Crippen molar-refractivity contribution in [3.63, 3.8) is 0 Å². The molecule has 1 saturated heterocycles. The van der Waals surface area contributed by atoms with Crippen LogP contribution in [0.1, 0.15) is 36.4 Å². The Morgan fingerprint density at radius 3 is 3.15 bits per heavy atom. The quantitative estimate of drug-likeness (QED) is 0.823. The summed E-state index contributed by atoms with van der Waals surface area (Å²) in [6, 6.07) is 5.92. The predicted molar refractivity (Wildman–Crippen MR) is 80.5 cm³/mol. The lowest BCUT2D eigenvalue weighted by Gasteiger charge is -2.35. The smallest absolute Gasteiger partial charge is 0.315 e. The summed E-state index contributed by atoms with van der Waals surface area (Å²) in [6.07, 6.45) is 8.73. The number of hydrogen-bond acceptors (Lipinski definition) is 3. The lowest BCUT2D eigenvalue weighted by Crippen LogP contribution is -2.41. The van der Waals surface area contributed by atoms with Gasteiger partial charge < -0.3 is 10.6 Å². The minimum absolute atomic E-state index is 0.0737. The third kappa shape index (κ3) is 2.39. The summed E-state index contributed by atoms with van der Waals surface area (Å²) in [5.74, 6) is 0. The molecule has 0 spiro atoms. The summed E-state index contributed by atoms with van der Waals surface area (Å²) in [4.78, 5) is 13.3. The maximum atomic E-state index is 11.6. The SMILES string of the molecule is NC(=O)N1CCCCC1c1ccc2c(c1)NN=CC=C2. The fourth-order valence-corrected chi connectivity index (χ4v) is 2.86. The minimum atomic E-state index is -0.337. The van der Waals surface area contributed by atoms with E-state index in [1.165, 1.54) is 0 Å². The Bertz CT molecular complexity index is 579. The maximum absolute atomic E-state index is 11.6. The molecule has 20 heavy (non-hydrogen) atoms. The highest BCUT2D eigenvalue weighted by Gasteiger charge is 2.26. The third-order valence-corrected chi connectivity index (χ3v) is 3.87. The van der Waals surface area contributed by atoms with Crippen molar-refractivity contribution in [2.24, 2.45) is 10.8 Å². The van der Waals surface area contributed by atoms with Crippen LogP contribution >= 0.6 is 0 Å². The number of hydrogen-bond donors (Lipinski definition) is 2. The molecule has 2 aliphatic rings. The first-order valence-corrected chi connectivity index (χ1v) is 6.91. The Kier molecular flexibility index (Phi) is 3.41. The van der Waals surface area contributed by atoms with E-state index < -0.39 is 0 Å². The van der Waals surface area contributed by atoms with Gasteiger partial charge in [-0.3, -0.25) is 5.43 Å². The summed E-state index contributed by atoms with van der Waals surface area (Å²) < 4.78 is 0. The topological polar surface area (TPSA) is 70.7 Å². The van der Waals surface area contributed by atoms with Crippen molar-refractivity contribution in [3.8, 4) is 0 Å². The van der Waals surface area contributed by atoms with Crippen molar-refractivity contribution < 1.29 is 4.79 Å². The monoisotopic (exact) mass is 270 g/mol. The molecule has 3 N–H and O–H groups in total. The number of amides is 2. The van der Waals surface area contributed by atoms with Gasteiger partial charge in [0.2, 0.25) is 0 Å². The lowest BCUT2D eigenvalue weighted by molar-refractivity contribution is 0.160. The molecule has 2 aliphatic heterocycles. The largest absolute Gasteiger partial charge is 0.351 e. The van der Waals surface area contributed by atoms with Crippen molar-refractivity contribution in [3.05, 3.63) is 35.4 Å². The van der Waals surface area contributed by atoms with Crippen LogP contribution in [0.2, 0.25) is 0 Å². The molecule has 1 aromatic carbocycles. The number of nitrogens with zero attached hydrogens (tertiary/aromatic N) is 2. The van der Waals surface area contributed by atoms with Gasteiger partial charge >= 0.3 is 6.03 Å². The molecule has 104 valence electrons. The number of urea groups is 1. The number of allylic oxidation sites excluding steroid dienone is 1. The van der Waals surface area contributed by atoms with E-state index in [1.807, 2.05) is 12.2 Å². The van der Waals surface area contributed by atoms with E-state index in [2.05, 4.69) is 28.7 Å². The van der Waals surface area contributed by atoms with Crippen LogP contribution < -0.4 is 11.2 Å². The van der Waals surface area contributed by atoms with Crippen LogP contribution in [0, 0.1) is 0 Å². The number of benzene rings is 1. The maximum Gasteiger partial charge on any atom is 0.315 e. The zero-order chi connectivity index (χ0) is 13.9. The molecule has 2 heterocycles. The van der Waals surface area contributed by atoms with E-state index in [0.29, 0.717) is 0 Å². The molecule has 1 atom stereocenters. The zero-order valence-corrected chi connectivity index (χ0v) is 11.2. The number of carbonyl (C=O) groups excluding carboxylic acids is 1. The molecule has 3 rings (SSSR count). The van der Waals surface area contributed by atoms with E-state index in [9.17, 15) is 4.79 Å². The lowest BCUT2D eigenvalue weighted by atomic mass is 9.94. The molecular weight excluding hydrogens is 252 g/mol. The molecule has 0 aliphatic carbocycles. The van der Waals surface area contributed by atoms with Crippen LogP contribution in [0.25, 0.3) is 6.08 Å². The second-order valence-electron chi connectivity index (χ2n) is 5.14. The highest BCUT2D eigenvalue weighted by Crippen LogP contribution is 2.33. The van der Waals surface area contributed by atoms with Gasteiger partial charge in [0.1, 0.15) is 0 Å². The van der Waals surface area contributed by atoms with Gasteiger partial charge in [-0.2, -0.15) is 5.10 Å². The van der Waals surface area contributed by atoms with Crippen LogP contribution in [-0.2, 0) is 0 Å². The Balaban J connectivity index is 1.93. The first kappa shape index (κ1) is 12.7. The van der Waals surface area contributed by atoms with Gasteiger partial charge in [0.05, 0.1) is 11.7 Å². The van der Waals surface area contributed by atoms with Crippen LogP contribution in [0.15, 0.2) is 29.4 Å². The molecule has 5 heteroatoms. The van der Waals surface area contributed by atoms with Gasteiger partial charge in [-0.1, -0.05) is 18.2 Å². The fourth-order valence-electron chi connectivity index (χ4n) is 2.86. The van der Waals surface area contributed by atoms with E-state index in [0.717, 1.165) is 42.6 Å². The normalized spacial score (nSPS) is 21.0. The van der Waals surface area contributed by atoms with Gasteiger partial charge in [0.25, 0.3) is 0 Å². The molecule has 2 amide bonds. The Morgan fingerprint density at radius 1 is 1.40 bits per heavy atom. The number of fused-ring (bicyclic) bond motifs is 1. The minimum Gasteiger partial charge on any atom is -0.351 e. The number of piperidine rings is 1. The first-order chi connectivity index (χ1) is 9.75. The number of anilines is 1. The summed E-state index contributed by atoms with van der Waals surface area (Å²) in [5, 5.41) is 4.09. The van der Waals surface area contributed by atoms with Crippen molar-refractivity contribution in [1.82, 2.24) is 4.90 Å². The van der Waals surface area contributed by atoms with Crippen molar-refractivity contribution in [1.29, 1.82) is 0 Å². The average Bonchev–Trinajstić information content (AvgIpc) is 2.71. The summed E-state index contributed by atoms with van der Waals surface area (Å²) in [5.41, 5.74) is 11.7. The van der Waals surface area contributed by atoms with Gasteiger partial charge in [-0.15, -0.1) is 0 Å². The van der Waals surface area contributed by atoms with Crippen LogP contribution in [-0.4, -0.2) is 23.7 Å². The molecule has 1 aromatic rings. The molecule has 0 saturated carbocycles. The van der Waals surface area contributed by atoms with E-state index in [-0.39, 0.29) is 12.1 Å². The van der Waals surface area contributed by atoms with Crippen molar-refractivity contribution >= 4 is 24.0 Å². The fraction of sp³-hybridized carbons (Fsp3) is 0.333. The highest BCUT2D eigenvalue weighted by atomic mass is 16.2. The van der Waals surface area contributed by atoms with Gasteiger partial charge in [-0.25, -0.2) is 4.79 Å². The van der Waals surface area contributed by atoms with Gasteiger partial charge in [0, 0.05) is 12.8 Å². The Morgan fingerprint density at radius 2 is 2.30 bits per heavy atom. The second kappa shape index (κ2) is 5.36. The highest BCUT2D eigenvalue weighted by molar-refractivity contribution is 5.84. The second-order valence-corrected chi connectivity index (χ2v) is 5.14. The Hall–Kier alpha value is -2.30. The average molecular weight is 270 g/mol. The van der Waals surface area contributed by atoms with Gasteiger partial charge in [0.15, 0.2) is 0 Å². The number of hydrazone groups is 1. The van der Waals surface area contributed by atoms with E-state index in [1.54, 1.807) is 11.1 Å². The number of rotatable bonds is 1. The number of nitrogens with one attached hydrogen (secondary N) is 1. The summed E-state index contributed by atoms with van der Waals surface area (Å²) in [6.45, 7) is 0.739. The van der Waals surface area contributed by atoms with Crippen LogP contribution in [0.3, 0.4) is 0 Å². The first-order valence-electron chi connectivity index (χ1n) is 6.91. The number of likely N-dealkylation sites (tertiary alicyclic amines) is 1. The molecule has 0 radical (unpaired) electrons. The number of nitrogens with two attached hydrogens (primary N) is 1. The number of carbonyl (C=O) groups is 1. The van der Waals surface area contributed by atoms with E-state index >= 15 is 0 Å². The summed E-state index contributed by atoms with van der Waals surface area (Å²) >= 11 is 0. The molecule has 5 nitrogen and oxygen atoms in total. The molecule has 1 unspecified atom stereocenters. The zero-order valence-electron chi connectivity index (χ0n) is 11.2. The Labute approximate surface area is 118 Å². The summed E-state index contributed by atoms with van der Waals surface area (Å²) in [7, 11) is 0. The molecule has 0 bridgehead atoms. The van der Waals surface area contributed by atoms with Crippen LogP contribution in [0.5, 0.6) is 0 Å². The third-order valence-electron chi connectivity index (χ3n) is 3.87.